The third kappa shape index (κ3) is 3.66. The van der Waals surface area contributed by atoms with E-state index in [0.717, 1.165) is 18.3 Å². The van der Waals surface area contributed by atoms with E-state index in [9.17, 15) is 9.90 Å². The first-order chi connectivity index (χ1) is 18.7. The molecule has 0 radical (unpaired) electrons. The maximum atomic E-state index is 13.4. The Morgan fingerprint density at radius 1 is 0.975 bits per heavy atom. The molecule has 1 heterocycles. The van der Waals surface area contributed by atoms with Crippen LogP contribution < -0.4 is 0 Å². The zero-order valence-electron chi connectivity index (χ0n) is 26.1. The number of pyridine rings is 1. The lowest BCUT2D eigenvalue weighted by atomic mass is 9.32. The van der Waals surface area contributed by atoms with Crippen molar-refractivity contribution in [2.24, 2.45) is 56.7 Å². The topological polar surface area (TPSA) is 59.4 Å². The van der Waals surface area contributed by atoms with Crippen LogP contribution in [0.25, 0.3) is 0 Å². The van der Waals surface area contributed by atoms with Crippen LogP contribution in [0.5, 0.6) is 0 Å². The molecule has 0 bridgehead atoms. The lowest BCUT2D eigenvalue weighted by molar-refractivity contribution is -0.273. The lowest BCUT2D eigenvalue weighted by Gasteiger charge is -2.73. The molecule has 5 saturated carbocycles. The van der Waals surface area contributed by atoms with Crippen LogP contribution in [0.1, 0.15) is 117 Å². The van der Waals surface area contributed by atoms with E-state index in [4.69, 9.17) is 4.74 Å². The highest BCUT2D eigenvalue weighted by atomic mass is 16.5. The highest BCUT2D eigenvalue weighted by Crippen LogP contribution is 2.77. The van der Waals surface area contributed by atoms with Gasteiger partial charge in [0.25, 0.3) is 0 Å². The van der Waals surface area contributed by atoms with Gasteiger partial charge in [0.1, 0.15) is 6.10 Å². The van der Waals surface area contributed by atoms with Crippen molar-refractivity contribution in [3.05, 3.63) is 42.2 Å². The van der Waals surface area contributed by atoms with Crippen molar-refractivity contribution in [2.45, 2.75) is 118 Å². The SMILES string of the molecule is C=C(C)[C@@H]1CC[C@]2(C)CC[C@]3(C)[C@H](CC[C@H]4[C@@]5(C)C(OC(=O)c6cccnc6)C[C@H](O)C(C)(C)[C@H]5CC[C@]43C)[C@@H]12. The lowest BCUT2D eigenvalue weighted by Crippen LogP contribution is -2.70. The van der Waals surface area contributed by atoms with Gasteiger partial charge in [-0.3, -0.25) is 4.98 Å². The Labute approximate surface area is 242 Å². The van der Waals surface area contributed by atoms with E-state index in [1.165, 1.54) is 50.5 Å². The summed E-state index contributed by atoms with van der Waals surface area (Å²) in [5.41, 5.74) is 2.35. The third-order valence-electron chi connectivity index (χ3n) is 14.7. The van der Waals surface area contributed by atoms with Crippen molar-refractivity contribution in [1.29, 1.82) is 0 Å². The van der Waals surface area contributed by atoms with Gasteiger partial charge >= 0.3 is 5.97 Å². The molecule has 0 saturated heterocycles. The number of esters is 1. The first-order valence-electron chi connectivity index (χ1n) is 16.1. The number of hydrogen-bond donors (Lipinski definition) is 1. The molecule has 1 aromatic heterocycles. The number of allylic oxidation sites excluding steroid dienone is 1. The molecule has 0 aliphatic heterocycles. The van der Waals surface area contributed by atoms with Crippen molar-refractivity contribution in [1.82, 2.24) is 4.98 Å². The largest absolute Gasteiger partial charge is 0.458 e. The van der Waals surface area contributed by atoms with E-state index in [0.29, 0.717) is 35.2 Å². The Bertz CT molecular complexity index is 1180. The first kappa shape index (κ1) is 28.4. The Hall–Kier alpha value is -1.68. The summed E-state index contributed by atoms with van der Waals surface area (Å²) in [5.74, 6) is 2.55. The molecule has 11 atom stereocenters. The summed E-state index contributed by atoms with van der Waals surface area (Å²) in [7, 11) is 0. The molecular weight excluding hydrogens is 494 g/mol. The van der Waals surface area contributed by atoms with Crippen LogP contribution in [0, 0.1) is 56.7 Å². The van der Waals surface area contributed by atoms with Gasteiger partial charge in [-0.1, -0.05) is 53.7 Å². The fourth-order valence-corrected chi connectivity index (χ4v) is 12.3. The highest BCUT2D eigenvalue weighted by molar-refractivity contribution is 5.89. The maximum Gasteiger partial charge on any atom is 0.339 e. The second kappa shape index (κ2) is 9.16. The summed E-state index contributed by atoms with van der Waals surface area (Å²) in [4.78, 5) is 17.6. The predicted molar refractivity (Wildman–Crippen MR) is 159 cm³/mol. The number of aliphatic hydroxyl groups is 1. The Morgan fingerprint density at radius 3 is 2.40 bits per heavy atom. The van der Waals surface area contributed by atoms with E-state index >= 15 is 0 Å². The molecule has 1 unspecified atom stereocenters. The molecule has 4 nitrogen and oxygen atoms in total. The number of carbonyl (C=O) groups excluding carboxylic acids is 1. The van der Waals surface area contributed by atoms with Gasteiger partial charge in [0, 0.05) is 24.2 Å². The quantitative estimate of drug-likeness (QED) is 0.306. The van der Waals surface area contributed by atoms with Crippen molar-refractivity contribution < 1.29 is 14.6 Å². The minimum absolute atomic E-state index is 0.169. The van der Waals surface area contributed by atoms with Crippen molar-refractivity contribution in [3.63, 3.8) is 0 Å². The number of aliphatic hydroxyl groups excluding tert-OH is 1. The molecule has 40 heavy (non-hydrogen) atoms. The smallest absolute Gasteiger partial charge is 0.339 e. The molecule has 1 aromatic rings. The van der Waals surface area contributed by atoms with Gasteiger partial charge in [0.05, 0.1) is 11.7 Å². The van der Waals surface area contributed by atoms with Crippen molar-refractivity contribution >= 4 is 5.97 Å². The number of carbonyl (C=O) groups is 1. The van der Waals surface area contributed by atoms with Gasteiger partial charge in [-0.25, -0.2) is 4.79 Å². The number of ether oxygens (including phenoxy) is 1. The molecular formula is C36H53NO3. The minimum atomic E-state index is -0.487. The molecule has 0 spiro atoms. The maximum absolute atomic E-state index is 13.4. The Morgan fingerprint density at radius 2 is 1.73 bits per heavy atom. The summed E-state index contributed by atoms with van der Waals surface area (Å²) in [5, 5.41) is 11.4. The zero-order valence-corrected chi connectivity index (χ0v) is 26.1. The molecule has 5 aliphatic carbocycles. The number of aromatic nitrogens is 1. The van der Waals surface area contributed by atoms with E-state index in [1.807, 2.05) is 0 Å². The molecule has 1 N–H and O–H groups in total. The average molecular weight is 548 g/mol. The molecule has 0 amide bonds. The second-order valence-electron chi connectivity index (χ2n) is 16.4. The Balaban J connectivity index is 1.40. The zero-order chi connectivity index (χ0) is 28.9. The fraction of sp³-hybridized carbons (Fsp3) is 0.778. The fourth-order valence-electron chi connectivity index (χ4n) is 12.3. The van der Waals surface area contributed by atoms with Crippen LogP contribution in [0.4, 0.5) is 0 Å². The summed E-state index contributed by atoms with van der Waals surface area (Å²) < 4.78 is 6.46. The van der Waals surface area contributed by atoms with Crippen molar-refractivity contribution in [3.8, 4) is 0 Å². The molecule has 5 aliphatic rings. The van der Waals surface area contributed by atoms with Crippen LogP contribution in [0.2, 0.25) is 0 Å². The summed E-state index contributed by atoms with van der Waals surface area (Å²) in [6, 6.07) is 3.58. The van der Waals surface area contributed by atoms with E-state index < -0.39 is 6.10 Å². The Kier molecular flexibility index (Phi) is 6.51. The van der Waals surface area contributed by atoms with Crippen molar-refractivity contribution in [2.75, 3.05) is 0 Å². The average Bonchev–Trinajstić information content (AvgIpc) is 3.26. The number of nitrogens with zero attached hydrogens (tertiary/aromatic N) is 1. The van der Waals surface area contributed by atoms with Gasteiger partial charge in [0.2, 0.25) is 0 Å². The van der Waals surface area contributed by atoms with Crippen LogP contribution in [-0.2, 0) is 4.74 Å². The number of hydrogen-bond acceptors (Lipinski definition) is 4. The van der Waals surface area contributed by atoms with Gasteiger partial charge < -0.3 is 9.84 Å². The van der Waals surface area contributed by atoms with Crippen LogP contribution in [0.15, 0.2) is 36.7 Å². The standard InChI is InChI=1S/C36H53NO3/c1-22(2)24-13-15-33(5)17-18-34(6)25(30(24)33)11-12-27-35(34,7)16-14-26-32(3,4)28(38)20-29(36(26,27)8)40-31(39)23-10-9-19-37-21-23/h9-10,19,21,24-30,38H,1,11-18,20H2,2-8H3/t24-,25+,26+,27+,28-,29?,30+,33+,34+,35+,36-/m0/s1. The van der Waals surface area contributed by atoms with Crippen LogP contribution in [0.3, 0.4) is 0 Å². The van der Waals surface area contributed by atoms with E-state index in [-0.39, 0.29) is 33.7 Å². The summed E-state index contributed by atoms with van der Waals surface area (Å²) >= 11 is 0. The van der Waals surface area contributed by atoms with Crippen LogP contribution in [-0.4, -0.2) is 28.3 Å². The third-order valence-corrected chi connectivity index (χ3v) is 14.7. The predicted octanol–water partition coefficient (Wildman–Crippen LogP) is 8.26. The molecule has 5 fully saturated rings. The highest BCUT2D eigenvalue weighted by Gasteiger charge is 2.72. The monoisotopic (exact) mass is 547 g/mol. The van der Waals surface area contributed by atoms with E-state index in [2.05, 4.69) is 60.0 Å². The minimum Gasteiger partial charge on any atom is -0.458 e. The molecule has 6 rings (SSSR count). The van der Waals surface area contributed by atoms with Gasteiger partial charge in [-0.05, 0) is 122 Å². The second-order valence-corrected chi connectivity index (χ2v) is 16.4. The van der Waals surface area contributed by atoms with Gasteiger partial charge in [-0.15, -0.1) is 0 Å². The summed E-state index contributed by atoms with van der Waals surface area (Å²) in [6.45, 7) is 21.6. The van der Waals surface area contributed by atoms with E-state index in [1.54, 1.807) is 24.5 Å². The normalized spacial score (nSPS) is 49.1. The molecule has 0 aromatic carbocycles. The van der Waals surface area contributed by atoms with Gasteiger partial charge in [-0.2, -0.15) is 0 Å². The molecule has 4 heteroatoms. The summed E-state index contributed by atoms with van der Waals surface area (Å²) in [6.07, 6.45) is 13.0. The van der Waals surface area contributed by atoms with Crippen LogP contribution >= 0.6 is 0 Å². The number of fused-ring (bicyclic) bond motifs is 7. The van der Waals surface area contributed by atoms with Gasteiger partial charge in [0.15, 0.2) is 0 Å². The molecule has 220 valence electrons. The number of rotatable bonds is 3. The first-order valence-corrected chi connectivity index (χ1v) is 16.1.